The molecular weight excluding hydrogens is 252 g/mol. The number of aromatic nitrogens is 3. The van der Waals surface area contributed by atoms with Gasteiger partial charge in [-0.05, 0) is 24.6 Å². The van der Waals surface area contributed by atoms with Crippen molar-refractivity contribution in [3.63, 3.8) is 0 Å². The number of hydrogen-bond donors (Lipinski definition) is 2. The smallest absolute Gasteiger partial charge is 0.191 e. The van der Waals surface area contributed by atoms with Crippen molar-refractivity contribution >= 4 is 5.96 Å². The van der Waals surface area contributed by atoms with E-state index in [4.69, 9.17) is 0 Å². The van der Waals surface area contributed by atoms with Gasteiger partial charge in [-0.15, -0.1) is 0 Å². The van der Waals surface area contributed by atoms with Crippen LogP contribution >= 0.6 is 0 Å². The molecule has 0 saturated carbocycles. The third-order valence-corrected chi connectivity index (χ3v) is 2.97. The minimum atomic E-state index is 0.845. The van der Waals surface area contributed by atoms with Gasteiger partial charge in [0.1, 0.15) is 0 Å². The molecule has 0 radical (unpaired) electrons. The quantitative estimate of drug-likeness (QED) is 0.449. The first kappa shape index (κ1) is 14.2. The van der Waals surface area contributed by atoms with Crippen molar-refractivity contribution in [3.05, 3.63) is 43.0 Å². The highest BCUT2D eigenvalue weighted by Gasteiger charge is 1.97. The van der Waals surface area contributed by atoms with Crippen LogP contribution in [0.15, 0.2) is 48.0 Å². The second-order valence-electron chi connectivity index (χ2n) is 4.47. The molecule has 2 N–H and O–H groups in total. The average Bonchev–Trinajstić information content (AvgIpc) is 3.14. The minimum absolute atomic E-state index is 0.845. The van der Waals surface area contributed by atoms with E-state index in [1.807, 2.05) is 29.1 Å². The Labute approximate surface area is 119 Å². The lowest BCUT2D eigenvalue weighted by molar-refractivity contribution is 0.569. The molecule has 2 aromatic heterocycles. The molecule has 20 heavy (non-hydrogen) atoms. The molecule has 2 heterocycles. The van der Waals surface area contributed by atoms with Gasteiger partial charge in [0.05, 0.1) is 0 Å². The van der Waals surface area contributed by atoms with E-state index in [0.29, 0.717) is 0 Å². The number of nitrogens with zero attached hydrogens (tertiary/aromatic N) is 4. The molecule has 108 valence electrons. The molecule has 0 amide bonds. The Bertz CT molecular complexity index is 486. The van der Waals surface area contributed by atoms with Gasteiger partial charge in [-0.3, -0.25) is 9.67 Å². The SMILES string of the molecule is CN=C(NCCCn1cccn1)NCCn1cccc1. The van der Waals surface area contributed by atoms with Gasteiger partial charge in [-0.25, -0.2) is 0 Å². The first-order valence-corrected chi connectivity index (χ1v) is 6.91. The van der Waals surface area contributed by atoms with Crippen molar-refractivity contribution in [1.82, 2.24) is 25.0 Å². The van der Waals surface area contributed by atoms with Crippen molar-refractivity contribution < 1.29 is 0 Å². The van der Waals surface area contributed by atoms with Crippen molar-refractivity contribution in [2.45, 2.75) is 19.5 Å². The summed E-state index contributed by atoms with van der Waals surface area (Å²) in [6, 6.07) is 6.00. The topological polar surface area (TPSA) is 59.2 Å². The predicted octanol–water partition coefficient (Wildman–Crippen LogP) is 0.940. The third kappa shape index (κ3) is 4.79. The summed E-state index contributed by atoms with van der Waals surface area (Å²) in [5.41, 5.74) is 0. The second-order valence-corrected chi connectivity index (χ2v) is 4.47. The normalized spacial score (nSPS) is 11.6. The zero-order valence-electron chi connectivity index (χ0n) is 11.9. The predicted molar refractivity (Wildman–Crippen MR) is 80.6 cm³/mol. The summed E-state index contributed by atoms with van der Waals surface area (Å²) in [6.45, 7) is 3.58. The van der Waals surface area contributed by atoms with Crippen LogP contribution in [0.5, 0.6) is 0 Å². The fourth-order valence-corrected chi connectivity index (χ4v) is 1.92. The molecular formula is C14H22N6. The molecule has 0 saturated heterocycles. The van der Waals surface area contributed by atoms with E-state index in [-0.39, 0.29) is 0 Å². The van der Waals surface area contributed by atoms with E-state index in [9.17, 15) is 0 Å². The van der Waals surface area contributed by atoms with Gasteiger partial charge in [0.2, 0.25) is 0 Å². The Morgan fingerprint density at radius 2 is 1.85 bits per heavy atom. The average molecular weight is 274 g/mol. The standard InChI is InChI=1S/C14H22N6/c1-15-14(17-8-13-19-9-2-3-10-19)16-6-4-11-20-12-5-7-18-20/h2-3,5,7,9-10,12H,4,6,8,11,13H2,1H3,(H2,15,16,17). The van der Waals surface area contributed by atoms with E-state index in [1.54, 1.807) is 13.2 Å². The Morgan fingerprint density at radius 1 is 1.05 bits per heavy atom. The van der Waals surface area contributed by atoms with Crippen molar-refractivity contribution in [2.75, 3.05) is 20.1 Å². The summed E-state index contributed by atoms with van der Waals surface area (Å²) in [7, 11) is 1.79. The highest BCUT2D eigenvalue weighted by atomic mass is 15.3. The number of guanidine groups is 1. The molecule has 2 aromatic rings. The summed E-state index contributed by atoms with van der Waals surface area (Å²) in [4.78, 5) is 4.20. The molecule has 0 bridgehead atoms. The number of hydrogen-bond acceptors (Lipinski definition) is 2. The fourth-order valence-electron chi connectivity index (χ4n) is 1.92. The lowest BCUT2D eigenvalue weighted by Gasteiger charge is -2.12. The summed E-state index contributed by atoms with van der Waals surface area (Å²) < 4.78 is 4.07. The van der Waals surface area contributed by atoms with Crippen LogP contribution in [0.4, 0.5) is 0 Å². The maximum absolute atomic E-state index is 4.20. The van der Waals surface area contributed by atoms with Gasteiger partial charge in [0.25, 0.3) is 0 Å². The molecule has 2 rings (SSSR count). The van der Waals surface area contributed by atoms with Gasteiger partial charge < -0.3 is 15.2 Å². The van der Waals surface area contributed by atoms with Gasteiger partial charge >= 0.3 is 0 Å². The first-order chi connectivity index (χ1) is 9.88. The zero-order chi connectivity index (χ0) is 14.0. The third-order valence-electron chi connectivity index (χ3n) is 2.97. The number of nitrogens with one attached hydrogen (secondary N) is 2. The Morgan fingerprint density at radius 3 is 2.55 bits per heavy atom. The van der Waals surface area contributed by atoms with Crippen LogP contribution < -0.4 is 10.6 Å². The molecule has 0 unspecified atom stereocenters. The maximum atomic E-state index is 4.20. The minimum Gasteiger partial charge on any atom is -0.356 e. The molecule has 6 heteroatoms. The Hall–Kier alpha value is -2.24. The first-order valence-electron chi connectivity index (χ1n) is 6.91. The molecule has 0 aliphatic heterocycles. The van der Waals surface area contributed by atoms with Crippen molar-refractivity contribution in [2.24, 2.45) is 4.99 Å². The molecule has 0 aliphatic rings. The van der Waals surface area contributed by atoms with Gasteiger partial charge in [0, 0.05) is 58.0 Å². The summed E-state index contributed by atoms with van der Waals surface area (Å²) >= 11 is 0. The highest BCUT2D eigenvalue weighted by molar-refractivity contribution is 5.79. The molecule has 6 nitrogen and oxygen atoms in total. The molecule has 0 aromatic carbocycles. The summed E-state index contributed by atoms with van der Waals surface area (Å²) in [5, 5.41) is 10.8. The fraction of sp³-hybridized carbons (Fsp3) is 0.429. The highest BCUT2D eigenvalue weighted by Crippen LogP contribution is 1.89. The monoisotopic (exact) mass is 274 g/mol. The second kappa shape index (κ2) is 8.04. The van der Waals surface area contributed by atoms with Gasteiger partial charge in [-0.1, -0.05) is 0 Å². The number of rotatable bonds is 7. The van der Waals surface area contributed by atoms with Crippen LogP contribution in [0.2, 0.25) is 0 Å². The summed E-state index contributed by atoms with van der Waals surface area (Å²) in [5.74, 6) is 0.845. The lowest BCUT2D eigenvalue weighted by atomic mass is 10.4. The Balaban J connectivity index is 1.58. The van der Waals surface area contributed by atoms with Crippen LogP contribution in [0.3, 0.4) is 0 Å². The Kier molecular flexibility index (Phi) is 5.70. The van der Waals surface area contributed by atoms with Crippen LogP contribution in [-0.2, 0) is 13.1 Å². The van der Waals surface area contributed by atoms with Crippen LogP contribution in [0, 0.1) is 0 Å². The van der Waals surface area contributed by atoms with E-state index in [0.717, 1.165) is 38.6 Å². The largest absolute Gasteiger partial charge is 0.356 e. The lowest BCUT2D eigenvalue weighted by Crippen LogP contribution is -2.39. The van der Waals surface area contributed by atoms with E-state index in [2.05, 4.69) is 37.7 Å². The number of aliphatic imine (C=N–C) groups is 1. The molecule has 0 aliphatic carbocycles. The zero-order valence-corrected chi connectivity index (χ0v) is 11.9. The molecule has 0 fully saturated rings. The van der Waals surface area contributed by atoms with Crippen LogP contribution in [0.25, 0.3) is 0 Å². The number of aryl methyl sites for hydroxylation is 1. The van der Waals surface area contributed by atoms with Crippen molar-refractivity contribution in [3.8, 4) is 0 Å². The van der Waals surface area contributed by atoms with Gasteiger partial charge in [0.15, 0.2) is 5.96 Å². The van der Waals surface area contributed by atoms with E-state index >= 15 is 0 Å². The van der Waals surface area contributed by atoms with Crippen molar-refractivity contribution in [1.29, 1.82) is 0 Å². The van der Waals surface area contributed by atoms with Crippen LogP contribution in [-0.4, -0.2) is 40.4 Å². The van der Waals surface area contributed by atoms with Gasteiger partial charge in [-0.2, -0.15) is 5.10 Å². The van der Waals surface area contributed by atoms with E-state index in [1.165, 1.54) is 0 Å². The van der Waals surface area contributed by atoms with Crippen LogP contribution in [0.1, 0.15) is 6.42 Å². The van der Waals surface area contributed by atoms with E-state index < -0.39 is 0 Å². The summed E-state index contributed by atoms with van der Waals surface area (Å²) in [6.07, 6.45) is 8.91. The molecule has 0 spiro atoms. The molecule has 0 atom stereocenters. The maximum Gasteiger partial charge on any atom is 0.191 e.